The minimum atomic E-state index is 0. The topological polar surface area (TPSA) is 35.2 Å². The van der Waals surface area contributed by atoms with E-state index in [1.54, 1.807) is 0 Å². The predicted octanol–water partition coefficient (Wildman–Crippen LogP) is 3.01. The van der Waals surface area contributed by atoms with Crippen LogP contribution in [0.25, 0.3) is 0 Å². The second kappa shape index (κ2) is 4.86. The lowest BCUT2D eigenvalue weighted by molar-refractivity contribution is 0.269. The van der Waals surface area contributed by atoms with Crippen molar-refractivity contribution in [2.24, 2.45) is 5.73 Å². The summed E-state index contributed by atoms with van der Waals surface area (Å²) in [4.78, 5) is 0. The average molecular weight is 228 g/mol. The lowest BCUT2D eigenvalue weighted by atomic mass is 9.95. The lowest BCUT2D eigenvalue weighted by Crippen LogP contribution is -2.20. The van der Waals surface area contributed by atoms with Crippen LogP contribution < -0.4 is 10.5 Å². The molecule has 0 saturated heterocycles. The highest BCUT2D eigenvalue weighted by Gasteiger charge is 2.18. The standard InChI is InChI=1S/C12H17NO.ClH/c1-8(2)9-3-4-12-10(7-9)11(13)5-6-14-12;/h3-4,7-8,11H,5-6,13H2,1-2H3;1H/t11-;/m0./s1. The maximum absolute atomic E-state index is 6.04. The summed E-state index contributed by atoms with van der Waals surface area (Å²) < 4.78 is 5.55. The highest BCUT2D eigenvalue weighted by atomic mass is 35.5. The second-order valence-electron chi connectivity index (χ2n) is 4.20. The van der Waals surface area contributed by atoms with Crippen LogP contribution >= 0.6 is 12.4 Å². The Labute approximate surface area is 97.2 Å². The maximum atomic E-state index is 6.04. The molecule has 2 N–H and O–H groups in total. The molecular formula is C12H18ClNO. The molecule has 2 rings (SSSR count). The number of hydrogen-bond donors (Lipinski definition) is 1. The molecule has 0 aromatic heterocycles. The minimum Gasteiger partial charge on any atom is -0.493 e. The van der Waals surface area contributed by atoms with Crippen LogP contribution in [0.3, 0.4) is 0 Å². The first kappa shape index (κ1) is 12.3. The van der Waals surface area contributed by atoms with Gasteiger partial charge in [0, 0.05) is 18.0 Å². The number of ether oxygens (including phenoxy) is 1. The summed E-state index contributed by atoms with van der Waals surface area (Å²) >= 11 is 0. The summed E-state index contributed by atoms with van der Waals surface area (Å²) in [5.41, 5.74) is 8.54. The van der Waals surface area contributed by atoms with Gasteiger partial charge in [0.15, 0.2) is 0 Å². The summed E-state index contributed by atoms with van der Waals surface area (Å²) in [6.07, 6.45) is 0.925. The molecule has 1 aliphatic heterocycles. The third-order valence-corrected chi connectivity index (χ3v) is 2.79. The molecule has 3 heteroatoms. The van der Waals surface area contributed by atoms with Gasteiger partial charge >= 0.3 is 0 Å². The van der Waals surface area contributed by atoms with Gasteiger partial charge in [0.05, 0.1) is 6.61 Å². The molecule has 1 aliphatic rings. The summed E-state index contributed by atoms with van der Waals surface area (Å²) in [5, 5.41) is 0. The smallest absolute Gasteiger partial charge is 0.124 e. The molecule has 1 aromatic carbocycles. The summed E-state index contributed by atoms with van der Waals surface area (Å²) in [5.74, 6) is 1.52. The van der Waals surface area contributed by atoms with Crippen LogP contribution in [-0.4, -0.2) is 6.61 Å². The van der Waals surface area contributed by atoms with E-state index in [2.05, 4.69) is 26.0 Å². The molecule has 0 saturated carbocycles. The third kappa shape index (κ3) is 2.44. The molecular weight excluding hydrogens is 210 g/mol. The van der Waals surface area contributed by atoms with E-state index < -0.39 is 0 Å². The van der Waals surface area contributed by atoms with Gasteiger partial charge in [-0.3, -0.25) is 0 Å². The first-order valence-corrected chi connectivity index (χ1v) is 5.20. The number of halogens is 1. The van der Waals surface area contributed by atoms with Gasteiger partial charge in [-0.25, -0.2) is 0 Å². The van der Waals surface area contributed by atoms with Gasteiger partial charge in [0.25, 0.3) is 0 Å². The Bertz CT molecular complexity index is 338. The Morgan fingerprint density at radius 2 is 2.13 bits per heavy atom. The fourth-order valence-corrected chi connectivity index (χ4v) is 1.80. The van der Waals surface area contributed by atoms with E-state index in [1.165, 1.54) is 11.1 Å². The minimum absolute atomic E-state index is 0. The van der Waals surface area contributed by atoms with Gasteiger partial charge in [0.2, 0.25) is 0 Å². The van der Waals surface area contributed by atoms with Crippen LogP contribution in [-0.2, 0) is 0 Å². The normalized spacial score (nSPS) is 19.1. The zero-order valence-corrected chi connectivity index (χ0v) is 10.0. The van der Waals surface area contributed by atoms with Crippen LogP contribution in [0.5, 0.6) is 5.75 Å². The lowest BCUT2D eigenvalue weighted by Gasteiger charge is -2.24. The Morgan fingerprint density at radius 3 is 2.80 bits per heavy atom. The van der Waals surface area contributed by atoms with Crippen molar-refractivity contribution >= 4 is 12.4 Å². The van der Waals surface area contributed by atoms with Crippen LogP contribution in [0.15, 0.2) is 18.2 Å². The fourth-order valence-electron chi connectivity index (χ4n) is 1.80. The van der Waals surface area contributed by atoms with Crippen molar-refractivity contribution < 1.29 is 4.74 Å². The Morgan fingerprint density at radius 1 is 1.40 bits per heavy atom. The first-order chi connectivity index (χ1) is 6.68. The number of benzene rings is 1. The Kier molecular flexibility index (Phi) is 4.00. The largest absolute Gasteiger partial charge is 0.493 e. The van der Waals surface area contributed by atoms with Crippen molar-refractivity contribution in [3.8, 4) is 5.75 Å². The van der Waals surface area contributed by atoms with E-state index in [0.717, 1.165) is 18.8 Å². The Hall–Kier alpha value is -0.730. The second-order valence-corrected chi connectivity index (χ2v) is 4.20. The zero-order chi connectivity index (χ0) is 10.1. The van der Waals surface area contributed by atoms with Crippen molar-refractivity contribution in [1.29, 1.82) is 0 Å². The van der Waals surface area contributed by atoms with Crippen molar-refractivity contribution in [3.63, 3.8) is 0 Å². The molecule has 0 fully saturated rings. The number of fused-ring (bicyclic) bond motifs is 1. The first-order valence-electron chi connectivity index (χ1n) is 5.20. The van der Waals surface area contributed by atoms with Gasteiger partial charge in [-0.05, 0) is 17.5 Å². The van der Waals surface area contributed by atoms with Crippen LogP contribution in [0.1, 0.15) is 43.4 Å². The predicted molar refractivity (Wildman–Crippen MR) is 64.8 cm³/mol. The monoisotopic (exact) mass is 227 g/mol. The van der Waals surface area contributed by atoms with E-state index >= 15 is 0 Å². The fraction of sp³-hybridized carbons (Fsp3) is 0.500. The number of nitrogens with two attached hydrogens (primary N) is 1. The molecule has 15 heavy (non-hydrogen) atoms. The van der Waals surface area contributed by atoms with E-state index in [1.807, 2.05) is 6.07 Å². The van der Waals surface area contributed by atoms with Crippen molar-refractivity contribution in [1.82, 2.24) is 0 Å². The van der Waals surface area contributed by atoms with E-state index in [-0.39, 0.29) is 18.4 Å². The average Bonchev–Trinajstić information content (AvgIpc) is 2.18. The van der Waals surface area contributed by atoms with Crippen LogP contribution in [0.2, 0.25) is 0 Å². The molecule has 84 valence electrons. The molecule has 0 unspecified atom stereocenters. The third-order valence-electron chi connectivity index (χ3n) is 2.79. The summed E-state index contributed by atoms with van der Waals surface area (Å²) in [7, 11) is 0. The summed E-state index contributed by atoms with van der Waals surface area (Å²) in [6, 6.07) is 6.51. The molecule has 0 radical (unpaired) electrons. The van der Waals surface area contributed by atoms with Gasteiger partial charge in [0.1, 0.15) is 5.75 Å². The summed E-state index contributed by atoms with van der Waals surface area (Å²) in [6.45, 7) is 5.13. The molecule has 1 atom stereocenters. The number of rotatable bonds is 1. The van der Waals surface area contributed by atoms with Crippen molar-refractivity contribution in [2.45, 2.75) is 32.2 Å². The zero-order valence-electron chi connectivity index (χ0n) is 9.19. The van der Waals surface area contributed by atoms with E-state index in [4.69, 9.17) is 10.5 Å². The molecule has 0 bridgehead atoms. The molecule has 1 heterocycles. The van der Waals surface area contributed by atoms with Gasteiger partial charge in [-0.15, -0.1) is 12.4 Å². The molecule has 1 aromatic rings. The molecule has 0 amide bonds. The SMILES string of the molecule is CC(C)c1ccc2c(c1)[C@@H](N)CCO2.Cl. The van der Waals surface area contributed by atoms with Crippen LogP contribution in [0.4, 0.5) is 0 Å². The van der Waals surface area contributed by atoms with Crippen LogP contribution in [0, 0.1) is 0 Å². The quantitative estimate of drug-likeness (QED) is 0.801. The molecule has 2 nitrogen and oxygen atoms in total. The number of hydrogen-bond acceptors (Lipinski definition) is 2. The van der Waals surface area contributed by atoms with E-state index in [0.29, 0.717) is 5.92 Å². The van der Waals surface area contributed by atoms with Gasteiger partial charge < -0.3 is 10.5 Å². The van der Waals surface area contributed by atoms with Crippen molar-refractivity contribution in [2.75, 3.05) is 6.61 Å². The molecule has 0 aliphatic carbocycles. The molecule has 0 spiro atoms. The van der Waals surface area contributed by atoms with Crippen molar-refractivity contribution in [3.05, 3.63) is 29.3 Å². The van der Waals surface area contributed by atoms with Gasteiger partial charge in [-0.2, -0.15) is 0 Å². The van der Waals surface area contributed by atoms with E-state index in [9.17, 15) is 0 Å². The highest BCUT2D eigenvalue weighted by Crippen LogP contribution is 2.32. The Balaban J connectivity index is 0.00000112. The maximum Gasteiger partial charge on any atom is 0.124 e. The van der Waals surface area contributed by atoms with Gasteiger partial charge in [-0.1, -0.05) is 26.0 Å². The highest BCUT2D eigenvalue weighted by molar-refractivity contribution is 5.85.